The van der Waals surface area contributed by atoms with Crippen molar-refractivity contribution in [3.63, 3.8) is 0 Å². The Hall–Kier alpha value is -8.50. The first-order valence-corrected chi connectivity index (χ1v) is 29.7. The molecule has 0 radical (unpaired) electrons. The van der Waals surface area contributed by atoms with Crippen molar-refractivity contribution in [1.29, 1.82) is 0 Å². The first kappa shape index (κ1) is 59.1. The van der Waals surface area contributed by atoms with Gasteiger partial charge >= 0.3 is 5.97 Å². The number of aromatic amines is 2. The molecule has 9 rings (SSSR count). The van der Waals surface area contributed by atoms with Gasteiger partial charge in [0.2, 0.25) is 11.0 Å². The molecule has 0 saturated heterocycles. The molecule has 0 aliphatic carbocycles. The van der Waals surface area contributed by atoms with Crippen LogP contribution in [0.3, 0.4) is 0 Å². The smallest absolute Gasteiger partial charge is 0.335 e. The molecule has 8 bridgehead atoms. The number of nitrogens with two attached hydrogens (primary N) is 2. The average Bonchev–Trinajstić information content (AvgIpc) is 4.53. The van der Waals surface area contributed by atoms with Crippen LogP contribution in [-0.2, 0) is 32.1 Å². The van der Waals surface area contributed by atoms with Gasteiger partial charge in [-0.25, -0.2) is 34.1 Å². The summed E-state index contributed by atoms with van der Waals surface area (Å²) >= 11 is 5.86. The van der Waals surface area contributed by atoms with Crippen molar-refractivity contribution >= 4 is 132 Å². The number of ether oxygens (including phenoxy) is 1. The number of carbonyl (C=O) groups is 8. The van der Waals surface area contributed by atoms with E-state index in [-0.39, 0.29) is 106 Å². The molecule has 25 nitrogen and oxygen atoms in total. The monoisotopic (exact) mass is 1240 g/mol. The molecule has 12 N–H and O–H groups in total. The zero-order chi connectivity index (χ0) is 59.6. The summed E-state index contributed by atoms with van der Waals surface area (Å²) in [7, 11) is 0. The number of nitrogens with one attached hydrogen (secondary N) is 6. The van der Waals surface area contributed by atoms with E-state index < -0.39 is 95.1 Å². The maximum Gasteiger partial charge on any atom is 0.335 e. The number of hydrogen-bond acceptors (Lipinski definition) is 23. The first-order chi connectivity index (χ1) is 39.6. The molecule has 428 valence electrons. The van der Waals surface area contributed by atoms with E-state index in [1.54, 1.807) is 19.2 Å². The van der Waals surface area contributed by atoms with Crippen molar-refractivity contribution in [3.8, 4) is 32.7 Å². The van der Waals surface area contributed by atoms with Crippen LogP contribution in [0.25, 0.3) is 49.3 Å². The van der Waals surface area contributed by atoms with Crippen LogP contribution in [0.5, 0.6) is 0 Å². The lowest BCUT2D eigenvalue weighted by Gasteiger charge is -2.21. The Kier molecular flexibility index (Phi) is 17.8. The van der Waals surface area contributed by atoms with Crippen molar-refractivity contribution in [2.75, 3.05) is 5.75 Å². The van der Waals surface area contributed by atoms with E-state index in [1.165, 1.54) is 58.0 Å². The van der Waals surface area contributed by atoms with Gasteiger partial charge in [-0.2, -0.15) is 0 Å². The second-order valence-electron chi connectivity index (χ2n) is 18.0. The highest BCUT2D eigenvalue weighted by atomic mass is 32.2. The fourth-order valence-corrected chi connectivity index (χ4v) is 13.3. The Bertz CT molecular complexity index is 4060. The van der Waals surface area contributed by atoms with E-state index >= 15 is 4.39 Å². The molecule has 7 aromatic heterocycles. The first-order valence-electron chi connectivity index (χ1n) is 24.3. The number of rotatable bonds is 7. The number of thiazole rings is 5. The molecule has 4 atom stereocenters. The topological polar surface area (TPSA) is 400 Å². The standard InChI is InChI=1S/C51H44FN13O12S6/c1-5-23-46-62-30(16-81-46)43(72)60-26(48-61-28(14-80-48)41(54)70)11-33(68)50(75)77-12-21-22(52)6-7-24-35(21)18(2)37(57-24)51(76)78-9-8-34-56-27(13-79-34)39-36(49-64-31(17-83-49)44(73)65-38(20(4)66)45(74)59-23)32(67)10-25(58-39)47-63-29(15-82-47)42(71)55-19(3)40(53)69/h5-7,10,13-17,20,26,33,38,57,66,68H,3,8-9,11-12H2,1-2,4H3,(H2,53,69)(H2,54,70)(H,55,71)(H,58,67)(H,59,74)(H,60,72)(H,65,73)/b23-5-/t20-,26+,33+,38+/m1/s1. The average molecular weight is 1240 g/mol. The second kappa shape index (κ2) is 24.9. The molecule has 1 aliphatic heterocycles. The van der Waals surface area contributed by atoms with Gasteiger partial charge in [0.25, 0.3) is 29.5 Å². The zero-order valence-corrected chi connectivity index (χ0v) is 48.1. The van der Waals surface area contributed by atoms with Gasteiger partial charge in [0, 0.05) is 68.0 Å². The van der Waals surface area contributed by atoms with Gasteiger partial charge in [0.05, 0.1) is 56.9 Å². The maximum atomic E-state index is 15.7. The Morgan fingerprint density at radius 1 is 0.855 bits per heavy atom. The summed E-state index contributed by atoms with van der Waals surface area (Å²) in [4.78, 5) is 148. The van der Waals surface area contributed by atoms with Crippen LogP contribution in [0.4, 0.5) is 4.39 Å². The molecule has 32 heteroatoms. The van der Waals surface area contributed by atoms with Gasteiger partial charge < -0.3 is 57.7 Å². The van der Waals surface area contributed by atoms with Crippen LogP contribution in [0.15, 0.2) is 68.2 Å². The summed E-state index contributed by atoms with van der Waals surface area (Å²) in [5.41, 5.74) is 10.2. The van der Waals surface area contributed by atoms with Crippen LogP contribution >= 0.6 is 68.4 Å². The van der Waals surface area contributed by atoms with Crippen LogP contribution in [0.2, 0.25) is 0 Å². The number of carbonyl (C=O) groups excluding carboxylic acids is 8. The third-order valence-electron chi connectivity index (χ3n) is 12.4. The fourth-order valence-electron chi connectivity index (χ4n) is 8.19. The number of esters is 1. The summed E-state index contributed by atoms with van der Waals surface area (Å²) in [6.07, 6.45) is -2.33. The number of amides is 6. The highest BCUT2D eigenvalue weighted by Crippen LogP contribution is 2.36. The lowest BCUT2D eigenvalue weighted by molar-refractivity contribution is -0.155. The molecule has 0 spiro atoms. The number of benzene rings is 1. The lowest BCUT2D eigenvalue weighted by Crippen LogP contribution is -2.52. The minimum atomic E-state index is -1.96. The number of pyridine rings is 1. The second-order valence-corrected chi connectivity index (χ2v) is 23.5. The summed E-state index contributed by atoms with van der Waals surface area (Å²) in [5.74, 6) is -7.11. The van der Waals surface area contributed by atoms with E-state index in [2.05, 4.69) is 57.7 Å². The van der Waals surface area contributed by atoms with E-state index in [0.717, 1.165) is 63.2 Å². The molecule has 0 saturated carbocycles. The fraction of sp³-hybridized carbons (Fsp3) is 0.216. The predicted molar refractivity (Wildman–Crippen MR) is 308 cm³/mol. The van der Waals surface area contributed by atoms with Crippen LogP contribution in [-0.4, -0.2) is 116 Å². The van der Waals surface area contributed by atoms with Crippen molar-refractivity contribution in [1.82, 2.24) is 56.2 Å². The highest BCUT2D eigenvalue weighted by molar-refractivity contribution is 8.14. The number of fused-ring (bicyclic) bond motifs is 10. The highest BCUT2D eigenvalue weighted by Gasteiger charge is 2.32. The minimum Gasteiger partial charge on any atom is -0.459 e. The van der Waals surface area contributed by atoms with Crippen LogP contribution in [0.1, 0.15) is 105 Å². The van der Waals surface area contributed by atoms with Crippen LogP contribution in [0, 0.1) is 12.7 Å². The largest absolute Gasteiger partial charge is 0.459 e. The van der Waals surface area contributed by atoms with Gasteiger partial charge in [-0.3, -0.25) is 38.4 Å². The van der Waals surface area contributed by atoms with E-state index in [1.807, 2.05) is 0 Å². The SMILES string of the molecule is C=C(NC(=O)c1csc(-c2cc(=O)c3c([nH]2)-c2csc(n2)CCSC(=O)c2[nH]c4ccc(F)c(c4c2C)COC(=O)[C@@H](O)C[C@@H](c2nc(C(N)=O)cs2)NC(=O)c2csc(n2)/C(=C/C)NC(=O)[C@H]([C@@H](C)O)NC(=O)c2csc-3n2)n1)C(N)=O. The molecule has 6 amide bonds. The van der Waals surface area contributed by atoms with Gasteiger partial charge in [-0.15, -0.1) is 56.7 Å². The number of primary amides is 2. The van der Waals surface area contributed by atoms with Crippen molar-refractivity contribution in [3.05, 3.63) is 134 Å². The number of allylic oxidation sites excluding steroid dienone is 1. The normalized spacial score (nSPS) is 17.7. The van der Waals surface area contributed by atoms with Gasteiger partial charge in [0.15, 0.2) is 11.5 Å². The number of aliphatic hydroxyl groups excluding tert-OH is 2. The third kappa shape index (κ3) is 12.9. The quantitative estimate of drug-likeness (QED) is 0.0777. The van der Waals surface area contributed by atoms with Crippen LogP contribution < -0.4 is 38.2 Å². The number of cyclic esters (lactones) is 1. The molecule has 8 aromatic rings. The van der Waals surface area contributed by atoms with Crippen molar-refractivity contribution in [2.24, 2.45) is 11.5 Å². The predicted octanol–water partition coefficient (Wildman–Crippen LogP) is 4.47. The number of thioether (sulfide) groups is 1. The summed E-state index contributed by atoms with van der Waals surface area (Å²) in [6, 6.07) is 0.882. The number of aryl methyl sites for hydroxylation is 2. The van der Waals surface area contributed by atoms with E-state index in [4.69, 9.17) is 21.2 Å². The summed E-state index contributed by atoms with van der Waals surface area (Å²) in [5, 5.41) is 39.8. The number of hydrogen-bond donors (Lipinski definition) is 10. The molecular weight excluding hydrogens is 1200 g/mol. The number of nitrogens with zero attached hydrogens (tertiary/aromatic N) is 5. The Morgan fingerprint density at radius 2 is 1.54 bits per heavy atom. The Labute approximate surface area is 491 Å². The summed E-state index contributed by atoms with van der Waals surface area (Å²) in [6.45, 7) is 7.14. The lowest BCUT2D eigenvalue weighted by atomic mass is 10.1. The van der Waals surface area contributed by atoms with Crippen molar-refractivity contribution in [2.45, 2.75) is 64.5 Å². The number of aliphatic hydroxyl groups is 2. The van der Waals surface area contributed by atoms with E-state index in [9.17, 15) is 53.4 Å². The molecule has 1 aliphatic rings. The molecule has 83 heavy (non-hydrogen) atoms. The molecule has 1 aromatic carbocycles. The molecule has 8 heterocycles. The van der Waals surface area contributed by atoms with Gasteiger partial charge in [-0.05, 0) is 38.5 Å². The maximum absolute atomic E-state index is 15.7. The molecular formula is C51H44FN13O12S6. The van der Waals surface area contributed by atoms with E-state index in [0.29, 0.717) is 16.1 Å². The van der Waals surface area contributed by atoms with Gasteiger partial charge in [-0.1, -0.05) is 24.4 Å². The molecule has 0 fully saturated rings. The molecule has 0 unspecified atom stereocenters. The Balaban J connectivity index is 1.07. The Morgan fingerprint density at radius 3 is 2.24 bits per heavy atom. The number of halogens is 1. The summed E-state index contributed by atoms with van der Waals surface area (Å²) < 4.78 is 21.1. The third-order valence-corrected chi connectivity index (χ3v) is 17.7. The number of H-pyrrole nitrogens is 2. The zero-order valence-electron chi connectivity index (χ0n) is 43.2. The van der Waals surface area contributed by atoms with Crippen molar-refractivity contribution < 1.29 is 57.7 Å². The van der Waals surface area contributed by atoms with Gasteiger partial charge in [0.1, 0.15) is 61.3 Å². The number of aromatic nitrogens is 7. The minimum absolute atomic E-state index is 0.0286.